The van der Waals surface area contributed by atoms with Crippen molar-refractivity contribution in [1.29, 1.82) is 0 Å². The maximum absolute atomic E-state index is 11.2. The average molecular weight is 367 g/mol. The molecular weight excluding hydrogens is 358 g/mol. The highest BCUT2D eigenvalue weighted by atomic mass is 79.9. The standard InChI is InChI=1S/C11H9BrClNO2S2/c1-4(2)10-14-7(11(15)16)8(18-10)6-3-5(12)9(13)17-6/h3-4H,1-2H3,(H,15,16). The van der Waals surface area contributed by atoms with E-state index in [4.69, 9.17) is 11.6 Å². The van der Waals surface area contributed by atoms with Crippen LogP contribution in [0, 0.1) is 0 Å². The highest BCUT2D eigenvalue weighted by Crippen LogP contribution is 2.42. The molecule has 2 heterocycles. The topological polar surface area (TPSA) is 50.2 Å². The molecular formula is C11H9BrClNO2S2. The average Bonchev–Trinajstić information content (AvgIpc) is 2.83. The number of hydrogen-bond acceptors (Lipinski definition) is 4. The van der Waals surface area contributed by atoms with Gasteiger partial charge < -0.3 is 5.11 Å². The van der Waals surface area contributed by atoms with Crippen LogP contribution >= 0.6 is 50.2 Å². The van der Waals surface area contributed by atoms with Gasteiger partial charge in [-0.1, -0.05) is 25.4 Å². The van der Waals surface area contributed by atoms with Crippen molar-refractivity contribution in [2.75, 3.05) is 0 Å². The fraction of sp³-hybridized carbons (Fsp3) is 0.273. The normalized spacial score (nSPS) is 11.2. The lowest BCUT2D eigenvalue weighted by Crippen LogP contribution is -1.99. The van der Waals surface area contributed by atoms with Gasteiger partial charge in [0.05, 0.1) is 9.88 Å². The molecule has 3 nitrogen and oxygen atoms in total. The van der Waals surface area contributed by atoms with Crippen molar-refractivity contribution in [2.24, 2.45) is 0 Å². The number of rotatable bonds is 3. The van der Waals surface area contributed by atoms with Crippen LogP contribution in [-0.4, -0.2) is 16.1 Å². The largest absolute Gasteiger partial charge is 0.476 e. The van der Waals surface area contributed by atoms with Gasteiger partial charge in [-0.15, -0.1) is 22.7 Å². The SMILES string of the molecule is CC(C)c1nc(C(=O)O)c(-c2cc(Br)c(Cl)s2)s1. The lowest BCUT2D eigenvalue weighted by atomic mass is 10.2. The van der Waals surface area contributed by atoms with E-state index in [1.54, 1.807) is 0 Å². The van der Waals surface area contributed by atoms with E-state index in [0.29, 0.717) is 9.21 Å². The molecule has 2 aromatic rings. The molecule has 0 fully saturated rings. The minimum atomic E-state index is -1.01. The van der Waals surface area contributed by atoms with Gasteiger partial charge in [0.2, 0.25) is 0 Å². The van der Waals surface area contributed by atoms with Crippen LogP contribution in [-0.2, 0) is 0 Å². The quantitative estimate of drug-likeness (QED) is 0.821. The third kappa shape index (κ3) is 2.61. The van der Waals surface area contributed by atoms with Crippen molar-refractivity contribution in [3.05, 3.63) is 25.6 Å². The molecule has 0 amide bonds. The number of thiophene rings is 1. The molecule has 7 heteroatoms. The van der Waals surface area contributed by atoms with Crippen molar-refractivity contribution < 1.29 is 9.90 Å². The number of aromatic nitrogens is 1. The number of carboxylic acids is 1. The molecule has 0 aliphatic heterocycles. The Bertz CT molecular complexity index is 587. The zero-order valence-corrected chi connectivity index (χ0v) is 13.5. The van der Waals surface area contributed by atoms with Gasteiger partial charge in [0.1, 0.15) is 4.34 Å². The summed E-state index contributed by atoms with van der Waals surface area (Å²) >= 11 is 12.1. The van der Waals surface area contributed by atoms with Crippen molar-refractivity contribution in [1.82, 2.24) is 4.98 Å². The summed E-state index contributed by atoms with van der Waals surface area (Å²) in [6, 6.07) is 1.83. The predicted octanol–water partition coefficient (Wildman–Crippen LogP) is 5.11. The van der Waals surface area contributed by atoms with E-state index < -0.39 is 5.97 Å². The van der Waals surface area contributed by atoms with Gasteiger partial charge in [-0.3, -0.25) is 0 Å². The molecule has 0 bridgehead atoms. The molecule has 0 aliphatic rings. The van der Waals surface area contributed by atoms with Crippen molar-refractivity contribution in [3.8, 4) is 9.75 Å². The van der Waals surface area contributed by atoms with Crippen LogP contribution in [0.15, 0.2) is 10.5 Å². The summed E-state index contributed by atoms with van der Waals surface area (Å²) in [7, 11) is 0. The van der Waals surface area contributed by atoms with E-state index in [0.717, 1.165) is 14.4 Å². The Morgan fingerprint density at radius 1 is 1.50 bits per heavy atom. The molecule has 0 saturated carbocycles. The van der Waals surface area contributed by atoms with Crippen molar-refractivity contribution in [3.63, 3.8) is 0 Å². The highest BCUT2D eigenvalue weighted by molar-refractivity contribution is 9.10. The molecule has 96 valence electrons. The Hall–Kier alpha value is -0.430. The molecule has 0 aromatic carbocycles. The Morgan fingerprint density at radius 2 is 2.17 bits per heavy atom. The molecule has 0 unspecified atom stereocenters. The first kappa shape index (κ1) is 14.0. The molecule has 0 saturated heterocycles. The molecule has 18 heavy (non-hydrogen) atoms. The number of carbonyl (C=O) groups is 1. The third-order valence-electron chi connectivity index (χ3n) is 2.21. The summed E-state index contributed by atoms with van der Waals surface area (Å²) in [6.07, 6.45) is 0. The van der Waals surface area contributed by atoms with Gasteiger partial charge in [0.15, 0.2) is 5.69 Å². The van der Waals surface area contributed by atoms with Crippen LogP contribution in [0.5, 0.6) is 0 Å². The molecule has 2 rings (SSSR count). The Morgan fingerprint density at radius 3 is 2.61 bits per heavy atom. The third-order valence-corrected chi connectivity index (χ3v) is 6.22. The van der Waals surface area contributed by atoms with Crippen LogP contribution in [0.3, 0.4) is 0 Å². The fourth-order valence-corrected chi connectivity index (χ4v) is 4.22. The molecule has 0 spiro atoms. The maximum Gasteiger partial charge on any atom is 0.356 e. The van der Waals surface area contributed by atoms with E-state index in [9.17, 15) is 9.90 Å². The van der Waals surface area contributed by atoms with E-state index >= 15 is 0 Å². The maximum atomic E-state index is 11.2. The summed E-state index contributed by atoms with van der Waals surface area (Å²) in [4.78, 5) is 16.9. The summed E-state index contributed by atoms with van der Waals surface area (Å²) in [5.41, 5.74) is 0.106. The van der Waals surface area contributed by atoms with Gasteiger partial charge >= 0.3 is 5.97 Å². The summed E-state index contributed by atoms with van der Waals surface area (Å²) in [5, 5.41) is 10.0. The van der Waals surface area contributed by atoms with Crippen LogP contribution in [0.1, 0.15) is 35.3 Å². The second-order valence-electron chi connectivity index (χ2n) is 3.92. The lowest BCUT2D eigenvalue weighted by Gasteiger charge is -1.94. The Balaban J connectivity index is 2.58. The second-order valence-corrected chi connectivity index (χ2v) is 7.46. The van der Waals surface area contributed by atoms with E-state index in [2.05, 4.69) is 20.9 Å². The fourth-order valence-electron chi connectivity index (χ4n) is 1.35. The molecule has 2 aromatic heterocycles. The predicted molar refractivity (Wildman–Crippen MR) is 79.2 cm³/mol. The van der Waals surface area contributed by atoms with Gasteiger partial charge in [-0.05, 0) is 22.0 Å². The monoisotopic (exact) mass is 365 g/mol. The van der Waals surface area contributed by atoms with Crippen LogP contribution in [0.25, 0.3) is 9.75 Å². The van der Waals surface area contributed by atoms with E-state index in [1.807, 2.05) is 19.9 Å². The summed E-state index contributed by atoms with van der Waals surface area (Å²) in [5.74, 6) is -0.797. The number of hydrogen-bond donors (Lipinski definition) is 1. The van der Waals surface area contributed by atoms with Gasteiger partial charge in [0.25, 0.3) is 0 Å². The van der Waals surface area contributed by atoms with Gasteiger partial charge in [0, 0.05) is 15.3 Å². The molecule has 0 aliphatic carbocycles. The number of halogens is 2. The smallest absolute Gasteiger partial charge is 0.356 e. The van der Waals surface area contributed by atoms with E-state index in [1.165, 1.54) is 22.7 Å². The van der Waals surface area contributed by atoms with Crippen LogP contribution < -0.4 is 0 Å². The lowest BCUT2D eigenvalue weighted by molar-refractivity contribution is 0.0692. The minimum absolute atomic E-state index is 0.106. The minimum Gasteiger partial charge on any atom is -0.476 e. The Kier molecular flexibility index (Phi) is 4.11. The van der Waals surface area contributed by atoms with Gasteiger partial charge in [-0.2, -0.15) is 0 Å². The molecule has 0 radical (unpaired) electrons. The Labute approximate surface area is 126 Å². The first-order valence-corrected chi connectivity index (χ1v) is 7.89. The second kappa shape index (κ2) is 5.28. The summed E-state index contributed by atoms with van der Waals surface area (Å²) < 4.78 is 1.39. The zero-order chi connectivity index (χ0) is 13.4. The van der Waals surface area contributed by atoms with Crippen LogP contribution in [0.2, 0.25) is 4.34 Å². The highest BCUT2D eigenvalue weighted by Gasteiger charge is 2.22. The van der Waals surface area contributed by atoms with Crippen molar-refractivity contribution in [2.45, 2.75) is 19.8 Å². The number of aromatic carboxylic acids is 1. The first-order valence-electron chi connectivity index (χ1n) is 5.09. The van der Waals surface area contributed by atoms with Crippen molar-refractivity contribution >= 4 is 56.2 Å². The van der Waals surface area contributed by atoms with Gasteiger partial charge in [-0.25, -0.2) is 9.78 Å². The van der Waals surface area contributed by atoms with Crippen LogP contribution in [0.4, 0.5) is 0 Å². The molecule has 0 atom stereocenters. The number of thiazole rings is 1. The van der Waals surface area contributed by atoms with E-state index in [-0.39, 0.29) is 11.6 Å². The summed E-state index contributed by atoms with van der Waals surface area (Å²) in [6.45, 7) is 3.98. The number of carboxylic acid groups (broad SMARTS) is 1. The molecule has 1 N–H and O–H groups in total. The first-order chi connectivity index (χ1) is 8.40. The number of nitrogens with zero attached hydrogens (tertiary/aromatic N) is 1. The zero-order valence-electron chi connectivity index (χ0n) is 9.53.